The topological polar surface area (TPSA) is 83.4 Å². The van der Waals surface area contributed by atoms with Crippen molar-refractivity contribution >= 4 is 34.8 Å². The van der Waals surface area contributed by atoms with Gasteiger partial charge in [0.05, 0.1) is 19.4 Å². The predicted molar refractivity (Wildman–Crippen MR) is 105 cm³/mol. The Morgan fingerprint density at radius 3 is 2.52 bits per heavy atom. The van der Waals surface area contributed by atoms with Crippen molar-refractivity contribution in [1.29, 1.82) is 0 Å². The SMILES string of the molecule is O=C(CNc1ccc(Cl)cc1)Nc1cccc(C(=O)NCc2ccco2)c1. The van der Waals surface area contributed by atoms with E-state index in [0.29, 0.717) is 28.6 Å². The molecule has 3 aromatic rings. The molecule has 27 heavy (non-hydrogen) atoms. The molecular weight excluding hydrogens is 366 g/mol. The monoisotopic (exact) mass is 383 g/mol. The average molecular weight is 384 g/mol. The van der Waals surface area contributed by atoms with E-state index < -0.39 is 0 Å². The molecule has 138 valence electrons. The van der Waals surface area contributed by atoms with Gasteiger partial charge in [-0.2, -0.15) is 0 Å². The summed E-state index contributed by atoms with van der Waals surface area (Å²) in [5.41, 5.74) is 1.79. The number of halogens is 1. The van der Waals surface area contributed by atoms with Crippen molar-refractivity contribution in [3.05, 3.63) is 83.3 Å². The Morgan fingerprint density at radius 2 is 1.78 bits per heavy atom. The van der Waals surface area contributed by atoms with E-state index in [-0.39, 0.29) is 18.4 Å². The summed E-state index contributed by atoms with van der Waals surface area (Å²) in [5, 5.41) is 9.16. The van der Waals surface area contributed by atoms with E-state index in [1.807, 2.05) is 0 Å². The summed E-state index contributed by atoms with van der Waals surface area (Å²) in [5.74, 6) is 0.195. The number of anilines is 2. The summed E-state index contributed by atoms with van der Waals surface area (Å²) < 4.78 is 5.18. The lowest BCUT2D eigenvalue weighted by Crippen LogP contribution is -2.24. The van der Waals surface area contributed by atoms with Crippen LogP contribution in [0.3, 0.4) is 0 Å². The van der Waals surface area contributed by atoms with Crippen molar-refractivity contribution in [2.45, 2.75) is 6.54 Å². The summed E-state index contributed by atoms with van der Waals surface area (Å²) in [4.78, 5) is 24.3. The lowest BCUT2D eigenvalue weighted by molar-refractivity contribution is -0.114. The molecule has 0 unspecified atom stereocenters. The van der Waals surface area contributed by atoms with Crippen LogP contribution in [0.1, 0.15) is 16.1 Å². The molecule has 3 N–H and O–H groups in total. The van der Waals surface area contributed by atoms with E-state index in [2.05, 4.69) is 16.0 Å². The molecule has 0 fully saturated rings. The van der Waals surface area contributed by atoms with Crippen LogP contribution in [-0.4, -0.2) is 18.4 Å². The first kappa shape index (κ1) is 18.5. The third kappa shape index (κ3) is 5.62. The molecule has 0 spiro atoms. The quantitative estimate of drug-likeness (QED) is 0.577. The van der Waals surface area contributed by atoms with Crippen LogP contribution in [0.5, 0.6) is 0 Å². The van der Waals surface area contributed by atoms with Gasteiger partial charge in [-0.05, 0) is 54.6 Å². The van der Waals surface area contributed by atoms with Crippen LogP contribution in [0.15, 0.2) is 71.3 Å². The molecule has 0 atom stereocenters. The molecule has 0 bridgehead atoms. The maximum atomic E-state index is 12.2. The maximum Gasteiger partial charge on any atom is 0.251 e. The second kappa shape index (κ2) is 8.91. The van der Waals surface area contributed by atoms with Crippen molar-refractivity contribution in [3.63, 3.8) is 0 Å². The van der Waals surface area contributed by atoms with Gasteiger partial charge >= 0.3 is 0 Å². The van der Waals surface area contributed by atoms with E-state index in [0.717, 1.165) is 5.69 Å². The molecule has 0 radical (unpaired) electrons. The standard InChI is InChI=1S/C20H18ClN3O3/c21-15-6-8-16(9-7-15)22-13-19(25)24-17-4-1-3-14(11-17)20(26)23-12-18-5-2-10-27-18/h1-11,22H,12-13H2,(H,23,26)(H,24,25). The average Bonchev–Trinajstić information content (AvgIpc) is 3.19. The Bertz CT molecular complexity index is 908. The molecule has 1 aromatic heterocycles. The van der Waals surface area contributed by atoms with Gasteiger partial charge in [-0.1, -0.05) is 17.7 Å². The molecule has 0 saturated heterocycles. The molecule has 0 aliphatic rings. The molecule has 0 aliphatic carbocycles. The molecular formula is C20H18ClN3O3. The zero-order chi connectivity index (χ0) is 19.1. The second-order valence-corrected chi connectivity index (χ2v) is 6.19. The molecule has 2 amide bonds. The van der Waals surface area contributed by atoms with Crippen LogP contribution in [0.25, 0.3) is 0 Å². The zero-order valence-electron chi connectivity index (χ0n) is 14.4. The van der Waals surface area contributed by atoms with E-state index in [4.69, 9.17) is 16.0 Å². The zero-order valence-corrected chi connectivity index (χ0v) is 15.1. The van der Waals surface area contributed by atoms with Crippen LogP contribution in [-0.2, 0) is 11.3 Å². The number of rotatable bonds is 7. The smallest absolute Gasteiger partial charge is 0.251 e. The number of hydrogen-bond acceptors (Lipinski definition) is 4. The van der Waals surface area contributed by atoms with Crippen molar-refractivity contribution in [2.75, 3.05) is 17.2 Å². The lowest BCUT2D eigenvalue weighted by atomic mass is 10.2. The summed E-state index contributed by atoms with van der Waals surface area (Å²) in [7, 11) is 0. The lowest BCUT2D eigenvalue weighted by Gasteiger charge is -2.09. The first-order chi connectivity index (χ1) is 13.1. The van der Waals surface area contributed by atoms with Crippen molar-refractivity contribution in [1.82, 2.24) is 5.32 Å². The minimum atomic E-state index is -0.248. The first-order valence-corrected chi connectivity index (χ1v) is 8.68. The van der Waals surface area contributed by atoms with E-state index in [1.54, 1.807) is 66.9 Å². The highest BCUT2D eigenvalue weighted by atomic mass is 35.5. The van der Waals surface area contributed by atoms with Crippen molar-refractivity contribution in [2.24, 2.45) is 0 Å². The Hall–Kier alpha value is -3.25. The van der Waals surface area contributed by atoms with Gasteiger partial charge in [0.2, 0.25) is 5.91 Å². The molecule has 2 aromatic carbocycles. The fourth-order valence-electron chi connectivity index (χ4n) is 2.38. The molecule has 1 heterocycles. The second-order valence-electron chi connectivity index (χ2n) is 5.75. The number of carbonyl (C=O) groups is 2. The third-order valence-corrected chi connectivity index (χ3v) is 3.96. The fraction of sp³-hybridized carbons (Fsp3) is 0.100. The van der Waals surface area contributed by atoms with Gasteiger partial charge in [-0.3, -0.25) is 9.59 Å². The number of furan rings is 1. The third-order valence-electron chi connectivity index (χ3n) is 3.71. The summed E-state index contributed by atoms with van der Waals surface area (Å²) in [6.45, 7) is 0.393. The van der Waals surface area contributed by atoms with Crippen molar-refractivity contribution in [3.8, 4) is 0 Å². The van der Waals surface area contributed by atoms with Gasteiger partial charge in [0.25, 0.3) is 5.91 Å². The molecule has 0 aliphatic heterocycles. The molecule has 0 saturated carbocycles. The molecule has 3 rings (SSSR count). The van der Waals surface area contributed by atoms with Crippen molar-refractivity contribution < 1.29 is 14.0 Å². The van der Waals surface area contributed by atoms with Gasteiger partial charge < -0.3 is 20.4 Å². The van der Waals surface area contributed by atoms with Gasteiger partial charge in [0.15, 0.2) is 0 Å². The van der Waals surface area contributed by atoms with Crippen LogP contribution in [0.4, 0.5) is 11.4 Å². The normalized spacial score (nSPS) is 10.3. The number of nitrogens with one attached hydrogen (secondary N) is 3. The van der Waals surface area contributed by atoms with Gasteiger partial charge in [0.1, 0.15) is 5.76 Å². The summed E-state index contributed by atoms with van der Waals surface area (Å²) >= 11 is 5.83. The van der Waals surface area contributed by atoms with Crippen LogP contribution < -0.4 is 16.0 Å². The Labute approximate surface area is 161 Å². The van der Waals surface area contributed by atoms with Gasteiger partial charge in [-0.15, -0.1) is 0 Å². The Kier molecular flexibility index (Phi) is 6.12. The number of benzene rings is 2. The van der Waals surface area contributed by atoms with Crippen LogP contribution in [0.2, 0.25) is 5.02 Å². The van der Waals surface area contributed by atoms with E-state index in [9.17, 15) is 9.59 Å². The summed E-state index contributed by atoms with van der Waals surface area (Å²) in [6, 6.07) is 17.4. The van der Waals surface area contributed by atoms with Gasteiger partial charge in [0, 0.05) is 22.0 Å². The number of carbonyl (C=O) groups excluding carboxylic acids is 2. The highest BCUT2D eigenvalue weighted by Gasteiger charge is 2.08. The highest BCUT2D eigenvalue weighted by Crippen LogP contribution is 2.14. The first-order valence-electron chi connectivity index (χ1n) is 8.30. The van der Waals surface area contributed by atoms with E-state index in [1.165, 1.54) is 0 Å². The number of amides is 2. The largest absolute Gasteiger partial charge is 0.467 e. The summed E-state index contributed by atoms with van der Waals surface area (Å²) in [6.07, 6.45) is 1.55. The minimum absolute atomic E-state index is 0.0938. The highest BCUT2D eigenvalue weighted by molar-refractivity contribution is 6.30. The van der Waals surface area contributed by atoms with Gasteiger partial charge in [-0.25, -0.2) is 0 Å². The predicted octanol–water partition coefficient (Wildman–Crippen LogP) is 3.91. The van der Waals surface area contributed by atoms with Crippen LogP contribution in [0, 0.1) is 0 Å². The fourth-order valence-corrected chi connectivity index (χ4v) is 2.50. The molecule has 7 heteroatoms. The Morgan fingerprint density at radius 1 is 0.963 bits per heavy atom. The van der Waals surface area contributed by atoms with Crippen LogP contribution >= 0.6 is 11.6 Å². The van der Waals surface area contributed by atoms with E-state index >= 15 is 0 Å². The Balaban J connectivity index is 1.52. The number of hydrogen-bond donors (Lipinski definition) is 3. The molecule has 6 nitrogen and oxygen atoms in total. The minimum Gasteiger partial charge on any atom is -0.467 e. The maximum absolute atomic E-state index is 12.2.